The topological polar surface area (TPSA) is 82.3 Å². The summed E-state index contributed by atoms with van der Waals surface area (Å²) in [6.45, 7) is 2.02. The largest absolute Gasteiger partial charge is 0.466 e. The molecule has 2 aromatic rings. The van der Waals surface area contributed by atoms with Gasteiger partial charge in [0.15, 0.2) is 0 Å². The number of esters is 1. The molecule has 0 amide bonds. The van der Waals surface area contributed by atoms with Crippen molar-refractivity contribution in [2.45, 2.75) is 13.3 Å². The molecule has 0 atom stereocenters. The molecule has 1 aromatic carbocycles. The molecule has 0 N–H and O–H groups in total. The molecule has 7 heteroatoms. The third kappa shape index (κ3) is 2.77. The van der Waals surface area contributed by atoms with Crippen LogP contribution in [0.1, 0.15) is 12.5 Å². The van der Waals surface area contributed by atoms with Crippen molar-refractivity contribution >= 4 is 38.5 Å². The van der Waals surface area contributed by atoms with Crippen molar-refractivity contribution in [2.75, 3.05) is 6.61 Å². The number of nitro benzene ring substituents is 1. The Hall–Kier alpha value is -2.02. The van der Waals surface area contributed by atoms with Crippen molar-refractivity contribution < 1.29 is 14.5 Å². The number of aromatic nitrogens is 1. The summed E-state index contributed by atoms with van der Waals surface area (Å²) < 4.78 is 5.54. The van der Waals surface area contributed by atoms with Gasteiger partial charge in [-0.25, -0.2) is 4.98 Å². The number of carbonyl (C=O) groups excluding carboxylic acids is 1. The number of carbonyl (C=O) groups is 1. The van der Waals surface area contributed by atoms with E-state index >= 15 is 0 Å². The summed E-state index contributed by atoms with van der Waals surface area (Å²) in [5, 5.41) is 11.6. The molecule has 2 rings (SSSR count). The Balaban J connectivity index is 2.59. The zero-order valence-electron chi connectivity index (χ0n) is 10.6. The summed E-state index contributed by atoms with van der Waals surface area (Å²) in [6, 6.07) is 4.66. The molecule has 0 bridgehead atoms. The van der Waals surface area contributed by atoms with E-state index in [1.807, 2.05) is 0 Å². The fourth-order valence-corrected chi connectivity index (χ4v) is 2.38. The Kier molecular flexibility index (Phi) is 4.29. The first-order chi connectivity index (χ1) is 9.54. The number of ether oxygens (including phenoxy) is 1. The van der Waals surface area contributed by atoms with Gasteiger partial charge in [-0.3, -0.25) is 14.9 Å². The highest BCUT2D eigenvalue weighted by molar-refractivity contribution is 9.10. The average molecular weight is 339 g/mol. The number of para-hydroxylation sites is 1. The number of halogens is 1. The van der Waals surface area contributed by atoms with Crippen LogP contribution in [-0.2, 0) is 16.0 Å². The molecule has 0 aliphatic carbocycles. The summed E-state index contributed by atoms with van der Waals surface area (Å²) in [4.78, 5) is 26.2. The number of fused-ring (bicyclic) bond motifs is 1. The SMILES string of the molecule is CCOC(=O)Cc1c(Br)cnc2c([N+](=O)[O-])cccc12. The third-order valence-electron chi connectivity index (χ3n) is 2.76. The molecule has 0 spiro atoms. The molecular formula is C13H11BrN2O4. The lowest BCUT2D eigenvalue weighted by Gasteiger charge is -2.08. The molecule has 0 saturated heterocycles. The van der Waals surface area contributed by atoms with Crippen LogP contribution in [0.15, 0.2) is 28.9 Å². The van der Waals surface area contributed by atoms with E-state index in [9.17, 15) is 14.9 Å². The van der Waals surface area contributed by atoms with Crippen LogP contribution in [0.5, 0.6) is 0 Å². The summed E-state index contributed by atoms with van der Waals surface area (Å²) in [6.07, 6.45) is 1.50. The van der Waals surface area contributed by atoms with Crippen LogP contribution in [0.4, 0.5) is 5.69 Å². The predicted octanol–water partition coefficient (Wildman–Crippen LogP) is 3.01. The van der Waals surface area contributed by atoms with E-state index in [1.165, 1.54) is 12.3 Å². The quantitative estimate of drug-likeness (QED) is 0.486. The lowest BCUT2D eigenvalue weighted by atomic mass is 10.1. The number of pyridine rings is 1. The molecule has 0 saturated carbocycles. The number of hydrogen-bond acceptors (Lipinski definition) is 5. The smallest absolute Gasteiger partial charge is 0.310 e. The molecule has 0 aliphatic heterocycles. The lowest BCUT2D eigenvalue weighted by Crippen LogP contribution is -2.09. The minimum Gasteiger partial charge on any atom is -0.466 e. The molecule has 6 nitrogen and oxygen atoms in total. The Morgan fingerprint density at radius 1 is 1.50 bits per heavy atom. The maximum Gasteiger partial charge on any atom is 0.310 e. The zero-order valence-corrected chi connectivity index (χ0v) is 12.2. The first-order valence-corrected chi connectivity index (χ1v) is 6.70. The van der Waals surface area contributed by atoms with E-state index in [0.717, 1.165) is 0 Å². The molecule has 1 heterocycles. The van der Waals surface area contributed by atoms with Crippen LogP contribution in [-0.4, -0.2) is 22.5 Å². The highest BCUT2D eigenvalue weighted by Crippen LogP contribution is 2.30. The third-order valence-corrected chi connectivity index (χ3v) is 3.44. The van der Waals surface area contributed by atoms with Gasteiger partial charge < -0.3 is 4.74 Å². The number of benzene rings is 1. The number of hydrogen-bond donors (Lipinski definition) is 0. The lowest BCUT2D eigenvalue weighted by molar-refractivity contribution is -0.383. The van der Waals surface area contributed by atoms with Crippen molar-refractivity contribution in [1.82, 2.24) is 4.98 Å². The van der Waals surface area contributed by atoms with E-state index < -0.39 is 4.92 Å². The summed E-state index contributed by atoms with van der Waals surface area (Å²) in [5.74, 6) is -0.382. The highest BCUT2D eigenvalue weighted by atomic mass is 79.9. The standard InChI is InChI=1S/C13H11BrN2O4/c1-2-20-12(17)6-9-8-4-3-5-11(16(18)19)13(8)15-7-10(9)14/h3-5,7H,2,6H2,1H3. The normalized spacial score (nSPS) is 10.5. The van der Waals surface area contributed by atoms with Gasteiger partial charge in [-0.2, -0.15) is 0 Å². The second kappa shape index (κ2) is 5.96. The van der Waals surface area contributed by atoms with Gasteiger partial charge in [-0.1, -0.05) is 12.1 Å². The maximum atomic E-state index is 11.6. The number of nitrogens with zero attached hydrogens (tertiary/aromatic N) is 2. The van der Waals surface area contributed by atoms with Crippen LogP contribution < -0.4 is 0 Å². The van der Waals surface area contributed by atoms with Gasteiger partial charge in [0.1, 0.15) is 5.52 Å². The minimum absolute atomic E-state index is 0.0363. The minimum atomic E-state index is -0.489. The Morgan fingerprint density at radius 2 is 2.25 bits per heavy atom. The number of non-ortho nitro benzene ring substituents is 1. The predicted molar refractivity (Wildman–Crippen MR) is 76.4 cm³/mol. The van der Waals surface area contributed by atoms with E-state index in [0.29, 0.717) is 22.0 Å². The maximum absolute atomic E-state index is 11.6. The summed E-state index contributed by atoms with van der Waals surface area (Å²) >= 11 is 3.32. The molecule has 1 aromatic heterocycles. The van der Waals surface area contributed by atoms with E-state index in [4.69, 9.17) is 4.74 Å². The van der Waals surface area contributed by atoms with Crippen LogP contribution in [0.25, 0.3) is 10.9 Å². The van der Waals surface area contributed by atoms with Crippen LogP contribution >= 0.6 is 15.9 Å². The zero-order chi connectivity index (χ0) is 14.7. The van der Waals surface area contributed by atoms with Crippen LogP contribution in [0.3, 0.4) is 0 Å². The number of nitro groups is 1. The van der Waals surface area contributed by atoms with Gasteiger partial charge in [0, 0.05) is 22.1 Å². The van der Waals surface area contributed by atoms with E-state index in [-0.39, 0.29) is 23.6 Å². The number of rotatable bonds is 4. The van der Waals surface area contributed by atoms with E-state index in [1.54, 1.807) is 19.1 Å². The summed E-state index contributed by atoms with van der Waals surface area (Å²) in [5.41, 5.74) is 0.817. The Morgan fingerprint density at radius 3 is 2.90 bits per heavy atom. The molecule has 0 radical (unpaired) electrons. The monoisotopic (exact) mass is 338 g/mol. The van der Waals surface area contributed by atoms with Gasteiger partial charge in [-0.15, -0.1) is 0 Å². The van der Waals surface area contributed by atoms with Crippen molar-refractivity contribution in [2.24, 2.45) is 0 Å². The van der Waals surface area contributed by atoms with Gasteiger partial charge >= 0.3 is 5.97 Å². The molecular weight excluding hydrogens is 328 g/mol. The molecule has 0 unspecified atom stereocenters. The first-order valence-electron chi connectivity index (χ1n) is 5.90. The second-order valence-corrected chi connectivity index (χ2v) is 4.85. The summed E-state index contributed by atoms with van der Waals surface area (Å²) in [7, 11) is 0. The van der Waals surface area contributed by atoms with Gasteiger partial charge in [-0.05, 0) is 28.4 Å². The van der Waals surface area contributed by atoms with Gasteiger partial charge in [0.25, 0.3) is 5.69 Å². The first kappa shape index (κ1) is 14.4. The van der Waals surface area contributed by atoms with E-state index in [2.05, 4.69) is 20.9 Å². The van der Waals surface area contributed by atoms with Gasteiger partial charge in [0.2, 0.25) is 0 Å². The van der Waals surface area contributed by atoms with Crippen molar-refractivity contribution in [3.8, 4) is 0 Å². The average Bonchev–Trinajstić information content (AvgIpc) is 2.41. The fourth-order valence-electron chi connectivity index (χ4n) is 1.92. The molecule has 20 heavy (non-hydrogen) atoms. The van der Waals surface area contributed by atoms with Crippen LogP contribution in [0.2, 0.25) is 0 Å². The van der Waals surface area contributed by atoms with Gasteiger partial charge in [0.05, 0.1) is 18.0 Å². The fraction of sp³-hybridized carbons (Fsp3) is 0.231. The van der Waals surface area contributed by atoms with Crippen molar-refractivity contribution in [1.29, 1.82) is 0 Å². The van der Waals surface area contributed by atoms with Crippen LogP contribution in [0, 0.1) is 10.1 Å². The molecule has 0 fully saturated rings. The second-order valence-electron chi connectivity index (χ2n) is 4.00. The molecule has 0 aliphatic rings. The van der Waals surface area contributed by atoms with Crippen molar-refractivity contribution in [3.63, 3.8) is 0 Å². The molecule has 104 valence electrons. The van der Waals surface area contributed by atoms with Crippen molar-refractivity contribution in [3.05, 3.63) is 44.5 Å². The Labute approximate surface area is 123 Å². The Bertz CT molecular complexity index is 687. The highest BCUT2D eigenvalue weighted by Gasteiger charge is 2.18.